The predicted octanol–water partition coefficient (Wildman–Crippen LogP) is 4.27. The molecule has 0 heterocycles. The van der Waals surface area contributed by atoms with Crippen LogP contribution in [-0.2, 0) is 6.42 Å². The number of aryl methyl sites for hydroxylation is 2. The summed E-state index contributed by atoms with van der Waals surface area (Å²) in [6, 6.07) is 6.81. The number of hydrogen-bond donors (Lipinski definition) is 0. The predicted molar refractivity (Wildman–Crippen MR) is 67.2 cm³/mol. The first-order valence-corrected chi connectivity index (χ1v) is 6.18. The highest BCUT2D eigenvalue weighted by atomic mass is 79.9. The van der Waals surface area contributed by atoms with E-state index < -0.39 is 0 Å². The van der Waals surface area contributed by atoms with Crippen LogP contribution >= 0.6 is 15.9 Å². The molecule has 0 nitrogen and oxygen atoms in total. The van der Waals surface area contributed by atoms with Gasteiger partial charge < -0.3 is 0 Å². The topological polar surface area (TPSA) is 0 Å². The third-order valence-electron chi connectivity index (χ3n) is 2.33. The maximum Gasteiger partial charge on any atom is 0.00858 e. The second-order valence-electron chi connectivity index (χ2n) is 4.97. The lowest BCUT2D eigenvalue weighted by Crippen LogP contribution is -2.16. The molecule has 1 heteroatoms. The summed E-state index contributed by atoms with van der Waals surface area (Å²) in [6.07, 6.45) is 1.14. The number of halogens is 1. The van der Waals surface area contributed by atoms with Gasteiger partial charge in [-0.05, 0) is 31.2 Å². The fourth-order valence-corrected chi connectivity index (χ4v) is 1.97. The van der Waals surface area contributed by atoms with E-state index in [9.17, 15) is 0 Å². The number of benzene rings is 1. The summed E-state index contributed by atoms with van der Waals surface area (Å²) in [5.41, 5.74) is 4.53. The van der Waals surface area contributed by atoms with E-state index in [0.29, 0.717) is 5.41 Å². The molecule has 0 fully saturated rings. The first kappa shape index (κ1) is 11.8. The van der Waals surface area contributed by atoms with Gasteiger partial charge in [0.05, 0.1) is 0 Å². The van der Waals surface area contributed by atoms with E-state index in [2.05, 4.69) is 61.8 Å². The van der Waals surface area contributed by atoms with Crippen LogP contribution in [0.3, 0.4) is 0 Å². The minimum absolute atomic E-state index is 0.347. The van der Waals surface area contributed by atoms with Crippen molar-refractivity contribution in [2.45, 2.75) is 34.1 Å². The van der Waals surface area contributed by atoms with Gasteiger partial charge in [-0.25, -0.2) is 0 Å². The van der Waals surface area contributed by atoms with Gasteiger partial charge in [0, 0.05) is 5.33 Å². The van der Waals surface area contributed by atoms with Crippen molar-refractivity contribution in [2.75, 3.05) is 5.33 Å². The maximum atomic E-state index is 3.57. The van der Waals surface area contributed by atoms with Crippen LogP contribution in [0.15, 0.2) is 18.2 Å². The van der Waals surface area contributed by atoms with Crippen LogP contribution in [0.25, 0.3) is 0 Å². The van der Waals surface area contributed by atoms with Crippen LogP contribution in [0.5, 0.6) is 0 Å². The summed E-state index contributed by atoms with van der Waals surface area (Å²) in [5, 5.41) is 1.05. The van der Waals surface area contributed by atoms with Gasteiger partial charge in [0.25, 0.3) is 0 Å². The first-order chi connectivity index (χ1) is 6.43. The molecule has 0 unspecified atom stereocenters. The molecule has 0 bridgehead atoms. The van der Waals surface area contributed by atoms with Crippen molar-refractivity contribution in [3.8, 4) is 0 Å². The van der Waals surface area contributed by atoms with Crippen molar-refractivity contribution >= 4 is 15.9 Å². The molecule has 0 aliphatic heterocycles. The van der Waals surface area contributed by atoms with Crippen molar-refractivity contribution in [2.24, 2.45) is 5.41 Å². The fraction of sp³-hybridized carbons (Fsp3) is 0.538. The Balaban J connectivity index is 2.87. The lowest BCUT2D eigenvalue weighted by Gasteiger charge is -2.22. The first-order valence-electron chi connectivity index (χ1n) is 5.06. The van der Waals surface area contributed by atoms with E-state index in [1.54, 1.807) is 0 Å². The molecule has 78 valence electrons. The summed E-state index contributed by atoms with van der Waals surface area (Å²) in [5.74, 6) is 0. The number of alkyl halides is 1. The molecule has 0 N–H and O–H groups in total. The average Bonchev–Trinajstić information content (AvgIpc) is 2.01. The summed E-state index contributed by atoms with van der Waals surface area (Å²) in [6.45, 7) is 8.91. The molecule has 0 aromatic heterocycles. The molecule has 1 aromatic rings. The molecule has 1 aromatic carbocycles. The van der Waals surface area contributed by atoms with Crippen molar-refractivity contribution < 1.29 is 0 Å². The van der Waals surface area contributed by atoms with Crippen LogP contribution in [-0.4, -0.2) is 5.33 Å². The molecule has 0 atom stereocenters. The van der Waals surface area contributed by atoms with Gasteiger partial charge in [-0.1, -0.05) is 59.1 Å². The standard InChI is InChI=1S/C13H19Br/c1-10-5-11(2)7-12(6-10)8-13(3,4)9-14/h5-7H,8-9H2,1-4H3. The average molecular weight is 255 g/mol. The molecule has 0 spiro atoms. The minimum Gasteiger partial charge on any atom is -0.0922 e. The van der Waals surface area contributed by atoms with Gasteiger partial charge in [-0.15, -0.1) is 0 Å². The molecular weight excluding hydrogens is 236 g/mol. The fourth-order valence-electron chi connectivity index (χ4n) is 1.77. The Kier molecular flexibility index (Phi) is 3.77. The smallest absolute Gasteiger partial charge is 0.00858 e. The molecule has 0 aliphatic rings. The van der Waals surface area contributed by atoms with E-state index in [-0.39, 0.29) is 0 Å². The van der Waals surface area contributed by atoms with Crippen molar-refractivity contribution in [3.63, 3.8) is 0 Å². The molecule has 0 amide bonds. The molecule has 0 aliphatic carbocycles. The van der Waals surface area contributed by atoms with Crippen LogP contribution in [0, 0.1) is 19.3 Å². The molecule has 0 saturated carbocycles. The zero-order valence-electron chi connectivity index (χ0n) is 9.52. The Morgan fingerprint density at radius 1 is 1.07 bits per heavy atom. The van der Waals surface area contributed by atoms with E-state index in [1.807, 2.05) is 0 Å². The largest absolute Gasteiger partial charge is 0.0922 e. The Morgan fingerprint density at radius 2 is 1.57 bits per heavy atom. The van der Waals surface area contributed by atoms with E-state index in [0.717, 1.165) is 11.8 Å². The normalized spacial score (nSPS) is 11.8. The van der Waals surface area contributed by atoms with E-state index in [1.165, 1.54) is 16.7 Å². The highest BCUT2D eigenvalue weighted by Gasteiger charge is 2.16. The Morgan fingerprint density at radius 3 is 2.00 bits per heavy atom. The lowest BCUT2D eigenvalue weighted by atomic mass is 9.87. The van der Waals surface area contributed by atoms with Crippen molar-refractivity contribution in [1.82, 2.24) is 0 Å². The highest BCUT2D eigenvalue weighted by Crippen LogP contribution is 2.25. The number of rotatable bonds is 3. The lowest BCUT2D eigenvalue weighted by molar-refractivity contribution is 0.425. The van der Waals surface area contributed by atoms with Gasteiger partial charge in [0.1, 0.15) is 0 Å². The minimum atomic E-state index is 0.347. The number of hydrogen-bond acceptors (Lipinski definition) is 0. The van der Waals surface area contributed by atoms with E-state index >= 15 is 0 Å². The Labute approximate surface area is 95.9 Å². The Hall–Kier alpha value is -0.300. The zero-order chi connectivity index (χ0) is 10.8. The van der Waals surface area contributed by atoms with Gasteiger partial charge in [0.2, 0.25) is 0 Å². The second kappa shape index (κ2) is 4.48. The molecule has 0 saturated heterocycles. The van der Waals surface area contributed by atoms with Gasteiger partial charge in [0.15, 0.2) is 0 Å². The monoisotopic (exact) mass is 254 g/mol. The highest BCUT2D eigenvalue weighted by molar-refractivity contribution is 9.09. The summed E-state index contributed by atoms with van der Waals surface area (Å²) >= 11 is 3.57. The van der Waals surface area contributed by atoms with E-state index in [4.69, 9.17) is 0 Å². The molecular formula is C13H19Br. The van der Waals surface area contributed by atoms with Gasteiger partial charge in [-0.2, -0.15) is 0 Å². The summed E-state index contributed by atoms with van der Waals surface area (Å²) < 4.78 is 0. The SMILES string of the molecule is Cc1cc(C)cc(CC(C)(C)CBr)c1. The van der Waals surface area contributed by atoms with Crippen molar-refractivity contribution in [1.29, 1.82) is 0 Å². The third-order valence-corrected chi connectivity index (χ3v) is 3.84. The molecule has 0 radical (unpaired) electrons. The molecule has 14 heavy (non-hydrogen) atoms. The Bertz CT molecular complexity index is 293. The molecule has 1 rings (SSSR count). The maximum absolute atomic E-state index is 3.57. The van der Waals surface area contributed by atoms with Crippen LogP contribution < -0.4 is 0 Å². The van der Waals surface area contributed by atoms with Gasteiger partial charge in [-0.3, -0.25) is 0 Å². The third kappa shape index (κ3) is 3.45. The van der Waals surface area contributed by atoms with Crippen molar-refractivity contribution in [3.05, 3.63) is 34.9 Å². The summed E-state index contributed by atoms with van der Waals surface area (Å²) in [4.78, 5) is 0. The zero-order valence-corrected chi connectivity index (χ0v) is 11.1. The van der Waals surface area contributed by atoms with Crippen LogP contribution in [0.1, 0.15) is 30.5 Å². The second-order valence-corrected chi connectivity index (χ2v) is 5.53. The van der Waals surface area contributed by atoms with Crippen LogP contribution in [0.4, 0.5) is 0 Å². The quantitative estimate of drug-likeness (QED) is 0.707. The summed E-state index contributed by atoms with van der Waals surface area (Å²) in [7, 11) is 0. The van der Waals surface area contributed by atoms with Gasteiger partial charge >= 0.3 is 0 Å². The van der Waals surface area contributed by atoms with Crippen LogP contribution in [0.2, 0.25) is 0 Å².